The number of aliphatic imine (C=N–C) groups is 1. The van der Waals surface area contributed by atoms with E-state index in [9.17, 15) is 19.5 Å². The van der Waals surface area contributed by atoms with Crippen LogP contribution < -0.4 is 5.32 Å². The summed E-state index contributed by atoms with van der Waals surface area (Å²) < 4.78 is 0. The van der Waals surface area contributed by atoms with Crippen molar-refractivity contribution in [3.05, 3.63) is 94.0 Å². The fourth-order valence-electron chi connectivity index (χ4n) is 3.38. The lowest BCUT2D eigenvalue weighted by atomic mass is 10.1. The summed E-state index contributed by atoms with van der Waals surface area (Å²) in [5, 5.41) is 12.6. The molecule has 4 rings (SSSR count). The lowest BCUT2D eigenvalue weighted by Crippen LogP contribution is -2.44. The van der Waals surface area contributed by atoms with Crippen LogP contribution in [0.4, 0.5) is 11.4 Å². The van der Waals surface area contributed by atoms with Crippen molar-refractivity contribution in [3.8, 4) is 0 Å². The minimum atomic E-state index is -1.10. The minimum Gasteiger partial charge on any atom is -0.478 e. The smallest absolute Gasteiger partial charge is 0.335 e. The van der Waals surface area contributed by atoms with Gasteiger partial charge in [-0.1, -0.05) is 59.2 Å². The second kappa shape index (κ2) is 10.9. The number of carbonyl (C=O) groups excluding carboxylic acids is 2. The van der Waals surface area contributed by atoms with Crippen molar-refractivity contribution in [1.29, 1.82) is 0 Å². The van der Waals surface area contributed by atoms with Gasteiger partial charge in [-0.15, -0.1) is 0 Å². The molecule has 1 unspecified atom stereocenters. The summed E-state index contributed by atoms with van der Waals surface area (Å²) in [7, 11) is 0. The molecule has 2 amide bonds. The van der Waals surface area contributed by atoms with Crippen LogP contribution >= 0.6 is 35.0 Å². The third kappa shape index (κ3) is 6.42. The Morgan fingerprint density at radius 1 is 1.03 bits per heavy atom. The number of carboxylic acids is 1. The molecule has 0 saturated carbocycles. The number of anilines is 1. The molecule has 2 N–H and O–H groups in total. The van der Waals surface area contributed by atoms with Gasteiger partial charge in [-0.2, -0.15) is 0 Å². The number of nitrogens with zero attached hydrogens (tertiary/aromatic N) is 2. The number of carbonyl (C=O) groups is 3. The van der Waals surface area contributed by atoms with E-state index >= 15 is 0 Å². The van der Waals surface area contributed by atoms with Crippen LogP contribution in [0.15, 0.2) is 77.8 Å². The van der Waals surface area contributed by atoms with Gasteiger partial charge < -0.3 is 10.4 Å². The van der Waals surface area contributed by atoms with Crippen molar-refractivity contribution in [3.63, 3.8) is 0 Å². The van der Waals surface area contributed by atoms with Crippen LogP contribution in [0.5, 0.6) is 0 Å². The third-order valence-electron chi connectivity index (χ3n) is 5.10. The van der Waals surface area contributed by atoms with Crippen molar-refractivity contribution < 1.29 is 19.5 Å². The Kier molecular flexibility index (Phi) is 7.75. The number of rotatable bonds is 6. The number of nitrogens with one attached hydrogen (secondary N) is 1. The van der Waals surface area contributed by atoms with Gasteiger partial charge in [0.15, 0.2) is 5.17 Å². The molecule has 1 atom stereocenters. The molecule has 7 nitrogen and oxygen atoms in total. The first-order valence-corrected chi connectivity index (χ1v) is 12.1. The highest BCUT2D eigenvalue weighted by atomic mass is 35.5. The zero-order valence-electron chi connectivity index (χ0n) is 18.2. The fraction of sp³-hybridized carbons (Fsp3) is 0.120. The molecular weight excluding hydrogens is 509 g/mol. The zero-order chi connectivity index (χ0) is 24.9. The van der Waals surface area contributed by atoms with Crippen LogP contribution in [0.25, 0.3) is 0 Å². The first-order chi connectivity index (χ1) is 16.8. The molecule has 1 fully saturated rings. The Labute approximate surface area is 215 Å². The van der Waals surface area contributed by atoms with Crippen LogP contribution in [-0.2, 0) is 16.1 Å². The predicted molar refractivity (Wildman–Crippen MR) is 139 cm³/mol. The molecule has 1 heterocycles. The minimum absolute atomic E-state index is 0.0444. The zero-order valence-corrected chi connectivity index (χ0v) is 20.5. The lowest BCUT2D eigenvalue weighted by Gasteiger charge is -2.32. The van der Waals surface area contributed by atoms with Crippen molar-refractivity contribution in [2.24, 2.45) is 4.99 Å². The van der Waals surface area contributed by atoms with E-state index in [4.69, 9.17) is 23.2 Å². The van der Waals surface area contributed by atoms with Crippen LogP contribution in [0.2, 0.25) is 10.0 Å². The number of carboxylic acid groups (broad SMARTS) is 1. The average molecular weight is 528 g/mol. The first-order valence-electron chi connectivity index (χ1n) is 10.5. The van der Waals surface area contributed by atoms with Crippen molar-refractivity contribution in [2.45, 2.75) is 18.2 Å². The van der Waals surface area contributed by atoms with Gasteiger partial charge in [0.05, 0.1) is 17.8 Å². The third-order valence-corrected chi connectivity index (χ3v) is 6.77. The fourth-order valence-corrected chi connectivity index (χ4v) is 4.79. The van der Waals surface area contributed by atoms with E-state index < -0.39 is 17.1 Å². The maximum absolute atomic E-state index is 13.2. The monoisotopic (exact) mass is 527 g/mol. The second-order valence-electron chi connectivity index (χ2n) is 7.67. The number of hydrogen-bond acceptors (Lipinski definition) is 5. The number of hydrogen-bond donors (Lipinski definition) is 2. The summed E-state index contributed by atoms with van der Waals surface area (Å²) in [4.78, 5) is 43.6. The van der Waals surface area contributed by atoms with Crippen LogP contribution in [0, 0.1) is 0 Å². The topological polar surface area (TPSA) is 99.1 Å². The molecule has 35 heavy (non-hydrogen) atoms. The maximum atomic E-state index is 13.2. The molecule has 178 valence electrons. The van der Waals surface area contributed by atoms with Crippen LogP contribution in [0.1, 0.15) is 22.3 Å². The number of aromatic carboxylic acids is 1. The van der Waals surface area contributed by atoms with Gasteiger partial charge in [-0.25, -0.2) is 9.79 Å². The van der Waals surface area contributed by atoms with Crippen molar-refractivity contribution in [2.75, 3.05) is 5.32 Å². The Hall–Kier alpha value is -3.33. The molecule has 1 aliphatic heterocycles. The maximum Gasteiger partial charge on any atom is 0.335 e. The van der Waals surface area contributed by atoms with Gasteiger partial charge >= 0.3 is 5.97 Å². The standard InChI is InChI=1S/C25H19Cl2N3O4S/c26-17-9-7-15(8-10-17)14-30-22(31)13-21(35-25(30)29-20-6-2-4-18(27)12-20)23(32)28-19-5-1-3-16(11-19)24(33)34/h1-12,21H,13-14H2,(H,28,32)(H,33,34). The molecule has 3 aromatic rings. The summed E-state index contributed by atoms with van der Waals surface area (Å²) in [6.07, 6.45) is -0.0444. The van der Waals surface area contributed by atoms with E-state index in [1.165, 1.54) is 23.1 Å². The van der Waals surface area contributed by atoms with E-state index in [0.717, 1.165) is 17.3 Å². The molecule has 1 saturated heterocycles. The first kappa shape index (κ1) is 24.8. The summed E-state index contributed by atoms with van der Waals surface area (Å²) in [5.41, 5.74) is 1.78. The number of benzene rings is 3. The van der Waals surface area contributed by atoms with E-state index in [-0.39, 0.29) is 24.4 Å². The predicted octanol–water partition coefficient (Wildman–Crippen LogP) is 5.85. The van der Waals surface area contributed by atoms with E-state index in [2.05, 4.69) is 10.3 Å². The molecule has 0 radical (unpaired) electrons. The molecule has 3 aromatic carbocycles. The Morgan fingerprint density at radius 2 is 1.77 bits per heavy atom. The highest BCUT2D eigenvalue weighted by Crippen LogP contribution is 2.32. The molecule has 0 aromatic heterocycles. The molecule has 1 aliphatic rings. The van der Waals surface area contributed by atoms with Gasteiger partial charge in [0.1, 0.15) is 5.25 Å². The summed E-state index contributed by atoms with van der Waals surface area (Å²) in [5.74, 6) is -1.79. The molecule has 0 bridgehead atoms. The lowest BCUT2D eigenvalue weighted by molar-refractivity contribution is -0.129. The molecule has 0 spiro atoms. The van der Waals surface area contributed by atoms with Gasteiger partial charge in [0.2, 0.25) is 11.8 Å². The number of thioether (sulfide) groups is 1. The van der Waals surface area contributed by atoms with Crippen LogP contribution in [-0.4, -0.2) is 38.2 Å². The van der Waals surface area contributed by atoms with Gasteiger partial charge in [-0.05, 0) is 54.1 Å². The largest absolute Gasteiger partial charge is 0.478 e. The summed E-state index contributed by atoms with van der Waals surface area (Å²) in [6, 6.07) is 20.0. The number of amidine groups is 1. The SMILES string of the molecule is O=C(O)c1cccc(NC(=O)C2CC(=O)N(Cc3ccc(Cl)cc3)C(=Nc3cccc(Cl)c3)S2)c1. The second-order valence-corrected chi connectivity index (χ2v) is 9.71. The van der Waals surface area contributed by atoms with Gasteiger partial charge in [0, 0.05) is 22.2 Å². The van der Waals surface area contributed by atoms with Gasteiger partial charge in [0.25, 0.3) is 0 Å². The highest BCUT2D eigenvalue weighted by molar-refractivity contribution is 8.15. The number of halogens is 2. The molecular formula is C25H19Cl2N3O4S. The van der Waals surface area contributed by atoms with Gasteiger partial charge in [-0.3, -0.25) is 14.5 Å². The Bertz CT molecular complexity index is 1310. The normalized spacial score (nSPS) is 16.9. The summed E-state index contributed by atoms with van der Waals surface area (Å²) >= 11 is 13.2. The highest BCUT2D eigenvalue weighted by Gasteiger charge is 2.36. The van der Waals surface area contributed by atoms with Crippen LogP contribution in [0.3, 0.4) is 0 Å². The Morgan fingerprint density at radius 3 is 2.49 bits per heavy atom. The van der Waals surface area contributed by atoms with Crippen molar-refractivity contribution >= 4 is 69.3 Å². The molecule has 0 aliphatic carbocycles. The Balaban J connectivity index is 1.59. The van der Waals surface area contributed by atoms with E-state index in [1.54, 1.807) is 42.5 Å². The van der Waals surface area contributed by atoms with E-state index in [0.29, 0.717) is 26.6 Å². The summed E-state index contributed by atoms with van der Waals surface area (Å²) in [6.45, 7) is 0.261. The number of amides is 2. The molecule has 10 heteroatoms. The van der Waals surface area contributed by atoms with E-state index in [1.807, 2.05) is 12.1 Å². The van der Waals surface area contributed by atoms with Crippen molar-refractivity contribution in [1.82, 2.24) is 4.90 Å². The quantitative estimate of drug-likeness (QED) is 0.418. The average Bonchev–Trinajstić information content (AvgIpc) is 2.82.